The van der Waals surface area contributed by atoms with Crippen molar-refractivity contribution in [2.24, 2.45) is 4.99 Å². The molecule has 0 saturated heterocycles. The molecule has 3 aliphatic rings. The van der Waals surface area contributed by atoms with E-state index in [1.54, 1.807) is 25.8 Å². The SMILES string of the molecule is CN=c1cc2oc3cc4c(cc3c(-c3c(F)c(SCI)cc(F)c3S(=O)(=O)[O-])c-2cc1-c1[nH]c(S(=O)(=O)[O-])cc1I(C)C)-c1[nH]c(S(=O)(=O)[O-])cc1C(C)(C)N4C. The van der Waals surface area contributed by atoms with Crippen LogP contribution >= 0.6 is 54.2 Å². The number of anilines is 1. The van der Waals surface area contributed by atoms with Gasteiger partial charge in [0, 0.05) is 0 Å². The van der Waals surface area contributed by atoms with Crippen LogP contribution in [0.3, 0.4) is 0 Å². The van der Waals surface area contributed by atoms with Crippen molar-refractivity contribution in [3.63, 3.8) is 0 Å². The number of nitrogens with zero attached hydrogens (tertiary/aromatic N) is 2. The maximum absolute atomic E-state index is 17.1. The summed E-state index contributed by atoms with van der Waals surface area (Å²) in [6.07, 6.45) is 0. The quantitative estimate of drug-likeness (QED) is 0.0526. The Balaban J connectivity index is 1.74. The Kier molecular flexibility index (Phi) is 10.5. The molecule has 4 heterocycles. The number of halogens is 4. The van der Waals surface area contributed by atoms with Crippen LogP contribution in [0, 0.1) is 15.2 Å². The normalized spacial score (nSPS) is 15.1. The number of aromatic nitrogens is 2. The van der Waals surface area contributed by atoms with Gasteiger partial charge in [-0.1, -0.05) is 0 Å². The molecule has 304 valence electrons. The molecular weight excluding hydrogens is 1060 g/mol. The summed E-state index contributed by atoms with van der Waals surface area (Å²) in [7, 11) is -12.6. The Morgan fingerprint density at radius 3 is 2.07 bits per heavy atom. The molecule has 57 heavy (non-hydrogen) atoms. The second-order valence-electron chi connectivity index (χ2n) is 13.6. The van der Waals surface area contributed by atoms with Gasteiger partial charge in [0.2, 0.25) is 0 Å². The standard InChI is InChI=1S/C35H32F2I2N4O10S4/c1-35(2)19-9-27(55(44,45)46)41-32(19)16-8-18-25(13-23(16)43(35)6)53-24-12-22(40-5)15(33-21(39(3)4)11-28(42-33)56(47,48)49)7-17(24)29(18)30-31(37)26(54-14-38)10-20(36)34(30)57(50,51)52/h7-13,41-42H,14H2,1-6H3,(H,44,45,46)(H,47,48,49)(H,50,51,52)/p-3. The number of thioether (sulfide) groups is 1. The molecule has 7 rings (SSSR count). The van der Waals surface area contributed by atoms with Crippen LogP contribution in [0.25, 0.3) is 55.9 Å². The molecular formula is C35H29F2I2N4O10S4-3. The van der Waals surface area contributed by atoms with Crippen molar-refractivity contribution in [3.05, 3.63) is 68.6 Å². The molecule has 2 N–H and O–H groups in total. The summed E-state index contributed by atoms with van der Waals surface area (Å²) in [5.41, 5.74) is -0.547. The van der Waals surface area contributed by atoms with Gasteiger partial charge >= 0.3 is 317 Å². The molecule has 0 spiro atoms. The van der Waals surface area contributed by atoms with Crippen LogP contribution in [0.5, 0.6) is 0 Å². The van der Waals surface area contributed by atoms with E-state index in [4.69, 9.17) is 4.42 Å². The van der Waals surface area contributed by atoms with Crippen LogP contribution in [0.15, 0.2) is 71.7 Å². The summed E-state index contributed by atoms with van der Waals surface area (Å²) in [4.78, 5) is 13.5. The van der Waals surface area contributed by atoms with Gasteiger partial charge in [0.1, 0.15) is 10.1 Å². The van der Waals surface area contributed by atoms with Gasteiger partial charge in [-0.2, -0.15) is 0 Å². The van der Waals surface area contributed by atoms with E-state index in [1.165, 1.54) is 43.4 Å². The van der Waals surface area contributed by atoms with E-state index < -0.39 is 87.9 Å². The number of rotatable bonds is 8. The zero-order valence-electron chi connectivity index (χ0n) is 30.4. The summed E-state index contributed by atoms with van der Waals surface area (Å²) in [6, 6.07) is 8.88. The molecule has 0 atom stereocenters. The second-order valence-corrected chi connectivity index (χ2v) is 25.9. The number of hydrogen-bond acceptors (Lipinski definition) is 13. The average molecular weight is 1090 g/mol. The fourth-order valence-corrected chi connectivity index (χ4v) is 13.0. The molecule has 2 aromatic carbocycles. The van der Waals surface area contributed by atoms with Crippen molar-refractivity contribution in [1.29, 1.82) is 0 Å². The first-order valence-corrected chi connectivity index (χ1v) is 28.3. The van der Waals surface area contributed by atoms with Crippen molar-refractivity contribution >= 4 is 101 Å². The molecule has 2 aromatic heterocycles. The first-order valence-electron chi connectivity index (χ1n) is 16.2. The predicted molar refractivity (Wildman–Crippen MR) is 224 cm³/mol. The van der Waals surface area contributed by atoms with E-state index in [9.17, 15) is 38.9 Å². The van der Waals surface area contributed by atoms with E-state index in [2.05, 4.69) is 15.0 Å². The van der Waals surface area contributed by atoms with Gasteiger partial charge in [0.05, 0.1) is 0 Å². The zero-order chi connectivity index (χ0) is 41.9. The van der Waals surface area contributed by atoms with Gasteiger partial charge in [0.15, 0.2) is 0 Å². The number of aromatic amines is 2. The van der Waals surface area contributed by atoms with Crippen LogP contribution < -0.4 is 10.3 Å². The van der Waals surface area contributed by atoms with E-state index in [0.717, 1.165) is 11.8 Å². The summed E-state index contributed by atoms with van der Waals surface area (Å²) < 4.78 is 152. The summed E-state index contributed by atoms with van der Waals surface area (Å²) >= 11 is 0.606. The Labute approximate surface area is 350 Å². The number of H-pyrrole nitrogens is 2. The summed E-state index contributed by atoms with van der Waals surface area (Å²) in [6.45, 7) is 3.57. The van der Waals surface area contributed by atoms with Gasteiger partial charge in [-0.05, 0) is 13.8 Å². The Hall–Kier alpha value is -3.11. The van der Waals surface area contributed by atoms with Crippen molar-refractivity contribution in [1.82, 2.24) is 9.97 Å². The third-order valence-electron chi connectivity index (χ3n) is 9.92. The monoisotopic (exact) mass is 1080 g/mol. The van der Waals surface area contributed by atoms with Crippen molar-refractivity contribution in [3.8, 4) is 45.0 Å². The predicted octanol–water partition coefficient (Wildman–Crippen LogP) is 6.82. The first kappa shape index (κ1) is 42.0. The number of fused-ring (bicyclic) bond motifs is 5. The Morgan fingerprint density at radius 1 is 0.860 bits per heavy atom. The average Bonchev–Trinajstić information content (AvgIpc) is 3.77. The third kappa shape index (κ3) is 7.00. The number of benzene rings is 3. The molecule has 14 nitrogen and oxygen atoms in total. The fraction of sp³-hybridized carbons (Fsp3) is 0.229. The van der Waals surface area contributed by atoms with Crippen LogP contribution in [0.4, 0.5) is 14.5 Å². The maximum atomic E-state index is 17.1. The molecule has 0 radical (unpaired) electrons. The molecule has 2 aliphatic heterocycles. The number of nitrogens with one attached hydrogen (secondary N) is 2. The molecule has 1 aliphatic carbocycles. The van der Waals surface area contributed by atoms with Gasteiger partial charge in [-0.25, -0.2) is 8.42 Å². The van der Waals surface area contributed by atoms with Crippen LogP contribution in [0.2, 0.25) is 0 Å². The van der Waals surface area contributed by atoms with E-state index in [0.29, 0.717) is 20.9 Å². The molecule has 0 amide bonds. The molecule has 4 aromatic rings. The minimum absolute atomic E-state index is 0.00258. The molecule has 0 saturated carbocycles. The molecule has 22 heteroatoms. The van der Waals surface area contributed by atoms with Crippen LogP contribution in [-0.4, -0.2) is 76.6 Å². The van der Waals surface area contributed by atoms with Gasteiger partial charge in [-0.15, -0.1) is 0 Å². The topological polar surface area (TPSA) is 232 Å². The van der Waals surface area contributed by atoms with Crippen LogP contribution in [0.1, 0.15) is 19.4 Å². The van der Waals surface area contributed by atoms with Crippen molar-refractivity contribution in [2.75, 3.05) is 32.6 Å². The Morgan fingerprint density at radius 2 is 1.49 bits per heavy atom. The number of alkyl halides is 3. The van der Waals surface area contributed by atoms with E-state index >= 15 is 8.78 Å². The van der Waals surface area contributed by atoms with E-state index in [1.807, 2.05) is 32.5 Å². The number of hydrogen-bond donors (Lipinski definition) is 2. The fourth-order valence-electron chi connectivity index (χ4n) is 7.09. The molecule has 0 unspecified atom stereocenters. The molecule has 0 fully saturated rings. The van der Waals surface area contributed by atoms with Crippen molar-refractivity contribution < 1.29 is 52.1 Å². The summed E-state index contributed by atoms with van der Waals surface area (Å²) in [5, 5.41) is -1.08. The third-order valence-corrected chi connectivity index (χ3v) is 17.2. The van der Waals surface area contributed by atoms with Gasteiger partial charge in [0.25, 0.3) is 0 Å². The van der Waals surface area contributed by atoms with E-state index in [-0.39, 0.29) is 64.4 Å². The zero-order valence-corrected chi connectivity index (χ0v) is 38.0. The molecule has 0 bridgehead atoms. The van der Waals surface area contributed by atoms with Crippen molar-refractivity contribution in [2.45, 2.75) is 39.2 Å². The Bertz CT molecular complexity index is 3090. The second kappa shape index (κ2) is 14.3. The van der Waals surface area contributed by atoms with Gasteiger partial charge < -0.3 is 4.55 Å². The minimum atomic E-state index is -5.76. The summed E-state index contributed by atoms with van der Waals surface area (Å²) in [5.74, 6) is -2.79. The van der Waals surface area contributed by atoms with Gasteiger partial charge in [-0.3, -0.25) is 0 Å². The first-order chi connectivity index (χ1) is 26.4. The van der Waals surface area contributed by atoms with Crippen LogP contribution in [-0.2, 0) is 35.9 Å².